The highest BCUT2D eigenvalue weighted by atomic mass is 16.5. The molecule has 2 heterocycles. The van der Waals surface area contributed by atoms with Crippen LogP contribution in [0.25, 0.3) is 0 Å². The Morgan fingerprint density at radius 1 is 1.38 bits per heavy atom. The van der Waals surface area contributed by atoms with E-state index < -0.39 is 0 Å². The minimum absolute atomic E-state index is 0.0336. The first-order valence-corrected chi connectivity index (χ1v) is 8.40. The molecule has 0 aromatic heterocycles. The zero-order valence-electron chi connectivity index (χ0n) is 14.0. The third-order valence-electron chi connectivity index (χ3n) is 4.73. The summed E-state index contributed by atoms with van der Waals surface area (Å²) in [5, 5.41) is 2.77. The van der Waals surface area contributed by atoms with E-state index in [0.29, 0.717) is 36.6 Å². The monoisotopic (exact) mass is 332 g/mol. The number of hydrogen-bond acceptors (Lipinski definition) is 4. The first kappa shape index (κ1) is 16.6. The number of ether oxygens (including phenoxy) is 1. The summed E-state index contributed by atoms with van der Waals surface area (Å²) in [6, 6.07) is 5.16. The summed E-state index contributed by atoms with van der Waals surface area (Å²) in [7, 11) is 1.56. The van der Waals surface area contributed by atoms with Gasteiger partial charge in [-0.25, -0.2) is 4.79 Å². The lowest BCUT2D eigenvalue weighted by molar-refractivity contribution is 0.0623. The van der Waals surface area contributed by atoms with Crippen molar-refractivity contribution in [2.24, 2.45) is 5.73 Å². The summed E-state index contributed by atoms with van der Waals surface area (Å²) < 4.78 is 5.36. The standard InChI is InChI=1S/C17H24N4O3/c1-24-15-6-5-12(10-14(15)21-9-7-19-17(21)23)16(22)20-8-3-2-4-13(20)11-18/h5-6,10,13H,2-4,7-9,11,18H2,1H3,(H,19,23)/t13-/m0/s1. The van der Waals surface area contributed by atoms with Crippen LogP contribution in [0.5, 0.6) is 5.75 Å². The largest absolute Gasteiger partial charge is 0.495 e. The lowest BCUT2D eigenvalue weighted by atomic mass is 10.0. The molecular weight excluding hydrogens is 308 g/mol. The normalized spacial score (nSPS) is 20.9. The molecule has 1 aromatic rings. The van der Waals surface area contributed by atoms with Gasteiger partial charge in [0, 0.05) is 37.8 Å². The minimum atomic E-state index is -0.171. The van der Waals surface area contributed by atoms with Gasteiger partial charge in [0.1, 0.15) is 5.75 Å². The molecule has 2 fully saturated rings. The van der Waals surface area contributed by atoms with Crippen LogP contribution in [0.15, 0.2) is 18.2 Å². The molecule has 1 aromatic carbocycles. The van der Waals surface area contributed by atoms with E-state index in [9.17, 15) is 9.59 Å². The van der Waals surface area contributed by atoms with Gasteiger partial charge < -0.3 is 20.7 Å². The second kappa shape index (κ2) is 7.09. The average molecular weight is 332 g/mol. The number of nitrogens with zero attached hydrogens (tertiary/aromatic N) is 2. The van der Waals surface area contributed by atoms with E-state index in [4.69, 9.17) is 10.5 Å². The van der Waals surface area contributed by atoms with Crippen molar-refractivity contribution in [2.75, 3.05) is 38.2 Å². The zero-order valence-corrected chi connectivity index (χ0v) is 14.0. The molecule has 2 saturated heterocycles. The molecule has 0 unspecified atom stereocenters. The van der Waals surface area contributed by atoms with Gasteiger partial charge >= 0.3 is 6.03 Å². The second-order valence-corrected chi connectivity index (χ2v) is 6.15. The minimum Gasteiger partial charge on any atom is -0.495 e. The predicted molar refractivity (Wildman–Crippen MR) is 91.5 cm³/mol. The quantitative estimate of drug-likeness (QED) is 0.866. The van der Waals surface area contributed by atoms with Gasteiger partial charge in [-0.15, -0.1) is 0 Å². The third-order valence-corrected chi connectivity index (χ3v) is 4.73. The van der Waals surface area contributed by atoms with Gasteiger partial charge in [-0.1, -0.05) is 0 Å². The maximum absolute atomic E-state index is 12.9. The van der Waals surface area contributed by atoms with E-state index in [-0.39, 0.29) is 18.0 Å². The van der Waals surface area contributed by atoms with Crippen molar-refractivity contribution in [2.45, 2.75) is 25.3 Å². The number of carbonyl (C=O) groups is 2. The van der Waals surface area contributed by atoms with Crippen LogP contribution >= 0.6 is 0 Å². The van der Waals surface area contributed by atoms with E-state index in [2.05, 4.69) is 5.32 Å². The van der Waals surface area contributed by atoms with Gasteiger partial charge in [0.15, 0.2) is 0 Å². The summed E-state index contributed by atoms with van der Waals surface area (Å²) in [6.45, 7) is 2.35. The predicted octanol–water partition coefficient (Wildman–Crippen LogP) is 1.18. The molecule has 0 bridgehead atoms. The molecule has 130 valence electrons. The topological polar surface area (TPSA) is 87.9 Å². The van der Waals surface area contributed by atoms with Crippen LogP contribution in [0.4, 0.5) is 10.5 Å². The molecule has 3 N–H and O–H groups in total. The summed E-state index contributed by atoms with van der Waals surface area (Å²) in [5.74, 6) is 0.547. The second-order valence-electron chi connectivity index (χ2n) is 6.15. The maximum Gasteiger partial charge on any atom is 0.322 e. The molecular formula is C17H24N4O3. The summed E-state index contributed by atoms with van der Waals surface area (Å²) in [6.07, 6.45) is 3.05. The Balaban J connectivity index is 1.90. The van der Waals surface area contributed by atoms with E-state index in [1.165, 1.54) is 0 Å². The van der Waals surface area contributed by atoms with Crippen LogP contribution in [0.1, 0.15) is 29.6 Å². The number of nitrogens with one attached hydrogen (secondary N) is 1. The van der Waals surface area contributed by atoms with E-state index in [1.54, 1.807) is 30.2 Å². The van der Waals surface area contributed by atoms with Crippen molar-refractivity contribution < 1.29 is 14.3 Å². The first-order valence-electron chi connectivity index (χ1n) is 8.40. The fourth-order valence-corrected chi connectivity index (χ4v) is 3.41. The highest BCUT2D eigenvalue weighted by Crippen LogP contribution is 2.31. The fraction of sp³-hybridized carbons (Fsp3) is 0.529. The Morgan fingerprint density at radius 2 is 2.21 bits per heavy atom. The smallest absolute Gasteiger partial charge is 0.322 e. The number of benzene rings is 1. The molecule has 7 nitrogen and oxygen atoms in total. The van der Waals surface area contributed by atoms with E-state index in [1.807, 2.05) is 4.90 Å². The highest BCUT2D eigenvalue weighted by Gasteiger charge is 2.29. The molecule has 0 aliphatic carbocycles. The Labute approximate surface area is 141 Å². The molecule has 0 radical (unpaired) electrons. The zero-order chi connectivity index (χ0) is 17.1. The number of likely N-dealkylation sites (tertiary alicyclic amines) is 1. The number of anilines is 1. The molecule has 2 aliphatic rings. The summed E-state index contributed by atoms with van der Waals surface area (Å²) >= 11 is 0. The van der Waals surface area contributed by atoms with E-state index in [0.717, 1.165) is 25.8 Å². The van der Waals surface area contributed by atoms with Gasteiger partial charge in [-0.2, -0.15) is 0 Å². The van der Waals surface area contributed by atoms with Crippen LogP contribution in [-0.2, 0) is 0 Å². The summed E-state index contributed by atoms with van der Waals surface area (Å²) in [4.78, 5) is 28.4. The van der Waals surface area contributed by atoms with Gasteiger partial charge in [0.05, 0.1) is 12.8 Å². The molecule has 3 rings (SSSR count). The third kappa shape index (κ3) is 3.03. The van der Waals surface area contributed by atoms with Crippen LogP contribution in [0.3, 0.4) is 0 Å². The molecule has 24 heavy (non-hydrogen) atoms. The summed E-state index contributed by atoms with van der Waals surface area (Å²) in [5.41, 5.74) is 7.01. The van der Waals surface area contributed by atoms with Crippen LogP contribution in [0, 0.1) is 0 Å². The fourth-order valence-electron chi connectivity index (χ4n) is 3.41. The lowest BCUT2D eigenvalue weighted by Crippen LogP contribution is -2.47. The maximum atomic E-state index is 12.9. The molecule has 0 saturated carbocycles. The number of hydrogen-bond donors (Lipinski definition) is 2. The molecule has 1 atom stereocenters. The number of nitrogens with two attached hydrogens (primary N) is 1. The first-order chi connectivity index (χ1) is 11.7. The Bertz CT molecular complexity index is 634. The highest BCUT2D eigenvalue weighted by molar-refractivity contribution is 6.00. The number of amides is 3. The van der Waals surface area contributed by atoms with Gasteiger partial charge in [0.25, 0.3) is 5.91 Å². The Hall–Kier alpha value is -2.28. The molecule has 7 heteroatoms. The van der Waals surface area contributed by atoms with Crippen molar-refractivity contribution in [1.29, 1.82) is 0 Å². The number of carbonyl (C=O) groups excluding carboxylic acids is 2. The Kier molecular flexibility index (Phi) is 4.89. The molecule has 2 aliphatic heterocycles. The van der Waals surface area contributed by atoms with Crippen molar-refractivity contribution >= 4 is 17.6 Å². The number of methoxy groups -OCH3 is 1. The van der Waals surface area contributed by atoms with E-state index >= 15 is 0 Å². The lowest BCUT2D eigenvalue weighted by Gasteiger charge is -2.35. The molecule has 0 spiro atoms. The van der Waals surface area contributed by atoms with Gasteiger partial charge in [-0.05, 0) is 37.5 Å². The van der Waals surface area contributed by atoms with Crippen molar-refractivity contribution in [3.05, 3.63) is 23.8 Å². The van der Waals surface area contributed by atoms with Crippen LogP contribution in [0.2, 0.25) is 0 Å². The van der Waals surface area contributed by atoms with Crippen molar-refractivity contribution in [3.63, 3.8) is 0 Å². The van der Waals surface area contributed by atoms with Gasteiger partial charge in [0.2, 0.25) is 0 Å². The number of urea groups is 1. The van der Waals surface area contributed by atoms with Crippen LogP contribution < -0.4 is 20.7 Å². The Morgan fingerprint density at radius 3 is 2.88 bits per heavy atom. The average Bonchev–Trinajstić information content (AvgIpc) is 3.06. The van der Waals surface area contributed by atoms with Gasteiger partial charge in [-0.3, -0.25) is 9.69 Å². The molecule has 3 amide bonds. The SMILES string of the molecule is COc1ccc(C(=O)N2CCCC[C@H]2CN)cc1N1CCNC1=O. The van der Waals surface area contributed by atoms with Crippen molar-refractivity contribution in [3.8, 4) is 5.75 Å². The van der Waals surface area contributed by atoms with Crippen molar-refractivity contribution in [1.82, 2.24) is 10.2 Å². The number of piperidine rings is 1. The van der Waals surface area contributed by atoms with Crippen LogP contribution in [-0.4, -0.2) is 56.2 Å². The number of rotatable bonds is 4.